The average Bonchev–Trinajstić information content (AvgIpc) is 3.27. The SMILES string of the molecule is C[C@H](Cc1ccsc1)NS(=O)(=O)c1cccc(C(=O)N2CCCC2)c1. The van der Waals surface area contributed by atoms with Gasteiger partial charge in [-0.3, -0.25) is 4.79 Å². The molecule has 0 radical (unpaired) electrons. The van der Waals surface area contributed by atoms with Crippen molar-refractivity contribution in [2.24, 2.45) is 0 Å². The summed E-state index contributed by atoms with van der Waals surface area (Å²) in [6, 6.07) is 8.07. The summed E-state index contributed by atoms with van der Waals surface area (Å²) >= 11 is 1.59. The van der Waals surface area contributed by atoms with Crippen LogP contribution in [0.15, 0.2) is 46.0 Å². The molecule has 2 heterocycles. The van der Waals surface area contributed by atoms with Crippen LogP contribution >= 0.6 is 11.3 Å². The van der Waals surface area contributed by atoms with E-state index in [0.29, 0.717) is 12.0 Å². The van der Waals surface area contributed by atoms with Crippen molar-refractivity contribution in [2.75, 3.05) is 13.1 Å². The van der Waals surface area contributed by atoms with E-state index in [1.807, 2.05) is 23.8 Å². The van der Waals surface area contributed by atoms with E-state index >= 15 is 0 Å². The molecule has 25 heavy (non-hydrogen) atoms. The van der Waals surface area contributed by atoms with Crippen molar-refractivity contribution >= 4 is 27.3 Å². The van der Waals surface area contributed by atoms with Gasteiger partial charge in [-0.05, 0) is 66.8 Å². The summed E-state index contributed by atoms with van der Waals surface area (Å²) in [6.07, 6.45) is 2.64. The third-order valence-electron chi connectivity index (χ3n) is 4.26. The number of nitrogens with one attached hydrogen (secondary N) is 1. The van der Waals surface area contributed by atoms with Gasteiger partial charge in [0.2, 0.25) is 10.0 Å². The number of sulfonamides is 1. The topological polar surface area (TPSA) is 66.5 Å². The van der Waals surface area contributed by atoms with E-state index in [9.17, 15) is 13.2 Å². The zero-order valence-corrected chi connectivity index (χ0v) is 15.8. The summed E-state index contributed by atoms with van der Waals surface area (Å²) in [5.74, 6) is -0.0964. The number of rotatable bonds is 6. The van der Waals surface area contributed by atoms with Crippen molar-refractivity contribution in [3.05, 3.63) is 52.2 Å². The van der Waals surface area contributed by atoms with Crippen LogP contribution in [-0.4, -0.2) is 38.4 Å². The molecule has 1 atom stereocenters. The van der Waals surface area contributed by atoms with Crippen molar-refractivity contribution in [2.45, 2.75) is 37.1 Å². The first-order valence-electron chi connectivity index (χ1n) is 8.38. The molecule has 1 N–H and O–H groups in total. The van der Waals surface area contributed by atoms with Crippen LogP contribution in [0.2, 0.25) is 0 Å². The fourth-order valence-electron chi connectivity index (χ4n) is 3.04. The lowest BCUT2D eigenvalue weighted by molar-refractivity contribution is 0.0792. The second kappa shape index (κ2) is 7.68. The second-order valence-electron chi connectivity index (χ2n) is 6.39. The molecule has 1 fully saturated rings. The largest absolute Gasteiger partial charge is 0.339 e. The van der Waals surface area contributed by atoms with Crippen molar-refractivity contribution in [1.82, 2.24) is 9.62 Å². The lowest BCUT2D eigenvalue weighted by atomic mass is 10.1. The standard InChI is InChI=1S/C18H22N2O3S2/c1-14(11-15-7-10-24-13-15)19-25(22,23)17-6-4-5-16(12-17)18(21)20-8-2-3-9-20/h4-7,10,12-14,19H,2-3,8-9,11H2,1H3/t14-/m1/s1. The van der Waals surface area contributed by atoms with Gasteiger partial charge in [0.25, 0.3) is 5.91 Å². The molecule has 1 aliphatic rings. The monoisotopic (exact) mass is 378 g/mol. The maximum Gasteiger partial charge on any atom is 0.253 e. The van der Waals surface area contributed by atoms with E-state index in [1.165, 1.54) is 12.1 Å². The van der Waals surface area contributed by atoms with E-state index < -0.39 is 10.0 Å². The van der Waals surface area contributed by atoms with Crippen LogP contribution in [-0.2, 0) is 16.4 Å². The molecule has 134 valence electrons. The van der Waals surface area contributed by atoms with Gasteiger partial charge in [-0.2, -0.15) is 11.3 Å². The minimum Gasteiger partial charge on any atom is -0.339 e. The lowest BCUT2D eigenvalue weighted by Gasteiger charge is -2.17. The van der Waals surface area contributed by atoms with Gasteiger partial charge in [0.05, 0.1) is 4.90 Å². The molecule has 0 bridgehead atoms. The Labute approximate surface area is 152 Å². The van der Waals surface area contributed by atoms with E-state index in [-0.39, 0.29) is 16.8 Å². The van der Waals surface area contributed by atoms with Crippen LogP contribution in [0, 0.1) is 0 Å². The molecule has 1 aromatic carbocycles. The first-order valence-corrected chi connectivity index (χ1v) is 10.8. The Kier molecular flexibility index (Phi) is 5.56. The summed E-state index contributed by atoms with van der Waals surface area (Å²) < 4.78 is 28.0. The van der Waals surface area contributed by atoms with Gasteiger partial charge >= 0.3 is 0 Å². The van der Waals surface area contributed by atoms with Crippen molar-refractivity contribution in [3.63, 3.8) is 0 Å². The summed E-state index contributed by atoms with van der Waals surface area (Å²) in [6.45, 7) is 3.33. The minimum absolute atomic E-state index is 0.0964. The Balaban J connectivity index is 1.73. The molecule has 1 amide bonds. The van der Waals surface area contributed by atoms with Gasteiger partial charge in [0.15, 0.2) is 0 Å². The Bertz CT molecular complexity index is 826. The van der Waals surface area contributed by atoms with Gasteiger partial charge in [0.1, 0.15) is 0 Å². The third-order valence-corrected chi connectivity index (χ3v) is 6.58. The van der Waals surface area contributed by atoms with E-state index in [1.54, 1.807) is 28.4 Å². The molecule has 5 nitrogen and oxygen atoms in total. The zero-order valence-electron chi connectivity index (χ0n) is 14.1. The van der Waals surface area contributed by atoms with Crippen LogP contribution in [0.5, 0.6) is 0 Å². The first-order chi connectivity index (χ1) is 12.0. The first kappa shape index (κ1) is 18.1. The van der Waals surface area contributed by atoms with Crippen molar-refractivity contribution in [1.29, 1.82) is 0 Å². The summed E-state index contributed by atoms with van der Waals surface area (Å²) in [7, 11) is -3.66. The number of hydrogen-bond donors (Lipinski definition) is 1. The third kappa shape index (κ3) is 4.48. The van der Waals surface area contributed by atoms with Crippen LogP contribution in [0.1, 0.15) is 35.7 Å². The molecule has 2 aromatic rings. The predicted molar refractivity (Wildman–Crippen MR) is 99.4 cm³/mol. The van der Waals surface area contributed by atoms with Crippen LogP contribution in [0.25, 0.3) is 0 Å². The van der Waals surface area contributed by atoms with Crippen LogP contribution in [0.4, 0.5) is 0 Å². The number of benzene rings is 1. The number of nitrogens with zero attached hydrogens (tertiary/aromatic N) is 1. The number of hydrogen-bond acceptors (Lipinski definition) is 4. The number of thiophene rings is 1. The number of carbonyl (C=O) groups excluding carboxylic acids is 1. The molecule has 7 heteroatoms. The number of carbonyl (C=O) groups is 1. The molecule has 0 spiro atoms. The zero-order chi connectivity index (χ0) is 17.9. The fourth-order valence-corrected chi connectivity index (χ4v) is 5.01. The highest BCUT2D eigenvalue weighted by molar-refractivity contribution is 7.89. The van der Waals surface area contributed by atoms with Gasteiger partial charge in [-0.15, -0.1) is 0 Å². The highest BCUT2D eigenvalue weighted by atomic mass is 32.2. The smallest absolute Gasteiger partial charge is 0.253 e. The quantitative estimate of drug-likeness (QED) is 0.840. The maximum absolute atomic E-state index is 12.6. The van der Waals surface area contributed by atoms with E-state index in [2.05, 4.69) is 4.72 Å². The normalized spacial score (nSPS) is 16.1. The molecular weight excluding hydrogens is 356 g/mol. The number of amides is 1. The average molecular weight is 379 g/mol. The summed E-state index contributed by atoms with van der Waals surface area (Å²) in [4.78, 5) is 14.4. The minimum atomic E-state index is -3.66. The van der Waals surface area contributed by atoms with Crippen LogP contribution < -0.4 is 4.72 Å². The summed E-state index contributed by atoms with van der Waals surface area (Å²) in [5, 5.41) is 3.99. The van der Waals surface area contributed by atoms with Crippen molar-refractivity contribution < 1.29 is 13.2 Å². The highest BCUT2D eigenvalue weighted by Gasteiger charge is 2.22. The van der Waals surface area contributed by atoms with Crippen LogP contribution in [0.3, 0.4) is 0 Å². The molecule has 1 aromatic heterocycles. The molecule has 0 unspecified atom stereocenters. The lowest BCUT2D eigenvalue weighted by Crippen LogP contribution is -2.34. The predicted octanol–water partition coefficient (Wildman–Crippen LogP) is 2.89. The highest BCUT2D eigenvalue weighted by Crippen LogP contribution is 2.17. The molecule has 0 saturated carbocycles. The van der Waals surface area contributed by atoms with Gasteiger partial charge < -0.3 is 4.90 Å². The van der Waals surface area contributed by atoms with E-state index in [0.717, 1.165) is 31.5 Å². The fraction of sp³-hybridized carbons (Fsp3) is 0.389. The van der Waals surface area contributed by atoms with Crippen molar-refractivity contribution in [3.8, 4) is 0 Å². The Hall–Kier alpha value is -1.70. The van der Waals surface area contributed by atoms with Gasteiger partial charge in [0, 0.05) is 24.7 Å². The second-order valence-corrected chi connectivity index (χ2v) is 8.88. The molecular formula is C18H22N2O3S2. The van der Waals surface area contributed by atoms with E-state index in [4.69, 9.17) is 0 Å². The Morgan fingerprint density at radius 1 is 1.28 bits per heavy atom. The maximum atomic E-state index is 12.6. The molecule has 3 rings (SSSR count). The molecule has 0 aliphatic carbocycles. The van der Waals surface area contributed by atoms with Gasteiger partial charge in [-0.1, -0.05) is 6.07 Å². The number of likely N-dealkylation sites (tertiary alicyclic amines) is 1. The summed E-state index contributed by atoms with van der Waals surface area (Å²) in [5.41, 5.74) is 1.54. The Morgan fingerprint density at radius 2 is 2.04 bits per heavy atom. The van der Waals surface area contributed by atoms with Gasteiger partial charge in [-0.25, -0.2) is 13.1 Å². The molecule has 1 aliphatic heterocycles. The molecule has 1 saturated heterocycles. The Morgan fingerprint density at radius 3 is 2.72 bits per heavy atom.